The summed E-state index contributed by atoms with van der Waals surface area (Å²) in [6.45, 7) is 3.66. The maximum atomic E-state index is 12.6. The SMILES string of the molecule is CC(C)c1cc(C(=O)OCC(=O)Nc2ccccc2Br)c2ccccc2n1. The van der Waals surface area contributed by atoms with E-state index in [1.165, 1.54) is 0 Å². The molecular weight excluding hydrogens is 408 g/mol. The van der Waals surface area contributed by atoms with E-state index in [4.69, 9.17) is 4.74 Å². The fourth-order valence-electron chi connectivity index (χ4n) is 2.62. The molecule has 1 aromatic heterocycles. The fraction of sp³-hybridized carbons (Fsp3) is 0.190. The summed E-state index contributed by atoms with van der Waals surface area (Å²) in [5, 5.41) is 3.42. The van der Waals surface area contributed by atoms with E-state index in [-0.39, 0.29) is 12.5 Å². The molecule has 0 saturated heterocycles. The second kappa shape index (κ2) is 8.31. The summed E-state index contributed by atoms with van der Waals surface area (Å²) in [5.41, 5.74) is 2.57. The van der Waals surface area contributed by atoms with Gasteiger partial charge in [0.15, 0.2) is 6.61 Å². The second-order valence-corrected chi connectivity index (χ2v) is 7.23. The van der Waals surface area contributed by atoms with E-state index in [0.717, 1.165) is 15.7 Å². The molecule has 0 spiro atoms. The quantitative estimate of drug-likeness (QED) is 0.588. The number of pyridine rings is 1. The molecule has 1 amide bonds. The van der Waals surface area contributed by atoms with Crippen LogP contribution in [0, 0.1) is 0 Å². The van der Waals surface area contributed by atoms with E-state index in [9.17, 15) is 9.59 Å². The molecule has 0 aliphatic heterocycles. The highest BCUT2D eigenvalue weighted by atomic mass is 79.9. The molecule has 0 saturated carbocycles. The number of carbonyl (C=O) groups excluding carboxylic acids is 2. The van der Waals surface area contributed by atoms with Crippen LogP contribution in [-0.4, -0.2) is 23.5 Å². The van der Waals surface area contributed by atoms with Crippen molar-refractivity contribution in [3.63, 3.8) is 0 Å². The van der Waals surface area contributed by atoms with Gasteiger partial charge in [0, 0.05) is 15.6 Å². The topological polar surface area (TPSA) is 68.3 Å². The van der Waals surface area contributed by atoms with Crippen LogP contribution in [0.4, 0.5) is 5.69 Å². The van der Waals surface area contributed by atoms with Gasteiger partial charge in [-0.2, -0.15) is 0 Å². The van der Waals surface area contributed by atoms with E-state index in [1.54, 1.807) is 12.1 Å². The predicted octanol–water partition coefficient (Wildman–Crippen LogP) is 4.92. The first-order valence-corrected chi connectivity index (χ1v) is 9.36. The van der Waals surface area contributed by atoms with Crippen LogP contribution in [0.5, 0.6) is 0 Å². The number of esters is 1. The number of carbonyl (C=O) groups is 2. The Bertz CT molecular complexity index is 1000. The minimum atomic E-state index is -0.544. The summed E-state index contributed by atoms with van der Waals surface area (Å²) >= 11 is 3.36. The lowest BCUT2D eigenvalue weighted by molar-refractivity contribution is -0.119. The zero-order valence-electron chi connectivity index (χ0n) is 15.0. The van der Waals surface area contributed by atoms with Crippen LogP contribution in [-0.2, 0) is 9.53 Å². The Balaban J connectivity index is 1.76. The first kappa shape index (κ1) is 19.0. The van der Waals surface area contributed by atoms with Gasteiger partial charge in [-0.25, -0.2) is 4.79 Å². The Morgan fingerprint density at radius 2 is 1.81 bits per heavy atom. The van der Waals surface area contributed by atoms with E-state index in [2.05, 4.69) is 26.2 Å². The number of anilines is 1. The molecule has 5 nitrogen and oxygen atoms in total. The number of benzene rings is 2. The number of halogens is 1. The normalized spacial score (nSPS) is 10.8. The Morgan fingerprint density at radius 1 is 1.11 bits per heavy atom. The molecule has 0 aliphatic carbocycles. The molecule has 27 heavy (non-hydrogen) atoms. The maximum absolute atomic E-state index is 12.6. The highest BCUT2D eigenvalue weighted by Crippen LogP contribution is 2.23. The number of amides is 1. The van der Waals surface area contributed by atoms with E-state index in [1.807, 2.05) is 56.3 Å². The molecular formula is C21H19BrN2O3. The summed E-state index contributed by atoms with van der Waals surface area (Å²) in [4.78, 5) is 29.3. The molecule has 2 aromatic carbocycles. The van der Waals surface area contributed by atoms with Crippen LogP contribution in [0.1, 0.15) is 35.8 Å². The van der Waals surface area contributed by atoms with Crippen LogP contribution < -0.4 is 5.32 Å². The van der Waals surface area contributed by atoms with Gasteiger partial charge in [-0.1, -0.05) is 44.2 Å². The number of nitrogens with one attached hydrogen (secondary N) is 1. The van der Waals surface area contributed by atoms with Crippen molar-refractivity contribution in [1.82, 2.24) is 4.98 Å². The zero-order chi connectivity index (χ0) is 19.4. The molecule has 0 aliphatic rings. The number of para-hydroxylation sites is 2. The fourth-order valence-corrected chi connectivity index (χ4v) is 3.00. The molecule has 0 radical (unpaired) electrons. The predicted molar refractivity (Wildman–Crippen MR) is 109 cm³/mol. The lowest BCUT2D eigenvalue weighted by atomic mass is 10.0. The van der Waals surface area contributed by atoms with Crippen molar-refractivity contribution in [2.45, 2.75) is 19.8 Å². The lowest BCUT2D eigenvalue weighted by Crippen LogP contribution is -2.21. The molecule has 1 N–H and O–H groups in total. The summed E-state index contributed by atoms with van der Waals surface area (Å²) in [6.07, 6.45) is 0. The van der Waals surface area contributed by atoms with Crippen molar-refractivity contribution in [1.29, 1.82) is 0 Å². The summed E-state index contributed by atoms with van der Waals surface area (Å²) in [5.74, 6) is -0.782. The molecule has 138 valence electrons. The summed E-state index contributed by atoms with van der Waals surface area (Å²) < 4.78 is 6.01. The van der Waals surface area contributed by atoms with Gasteiger partial charge in [0.05, 0.1) is 16.8 Å². The second-order valence-electron chi connectivity index (χ2n) is 6.37. The highest BCUT2D eigenvalue weighted by Gasteiger charge is 2.17. The van der Waals surface area contributed by atoms with Crippen molar-refractivity contribution in [3.8, 4) is 0 Å². The Hall–Kier alpha value is -2.73. The third kappa shape index (κ3) is 4.52. The Kier molecular flexibility index (Phi) is 5.86. The average molecular weight is 427 g/mol. The van der Waals surface area contributed by atoms with Crippen LogP contribution in [0.15, 0.2) is 59.1 Å². The molecule has 0 fully saturated rings. The van der Waals surface area contributed by atoms with Gasteiger partial charge in [-0.05, 0) is 46.1 Å². The molecule has 3 aromatic rings. The van der Waals surface area contributed by atoms with Gasteiger partial charge >= 0.3 is 5.97 Å². The van der Waals surface area contributed by atoms with Gasteiger partial charge in [0.1, 0.15) is 0 Å². The number of fused-ring (bicyclic) bond motifs is 1. The number of hydrogen-bond donors (Lipinski definition) is 1. The van der Waals surface area contributed by atoms with Gasteiger partial charge < -0.3 is 10.1 Å². The molecule has 0 bridgehead atoms. The Labute approximate surface area is 165 Å². The van der Waals surface area contributed by atoms with E-state index >= 15 is 0 Å². The summed E-state index contributed by atoms with van der Waals surface area (Å²) in [6, 6.07) is 16.4. The third-order valence-corrected chi connectivity index (χ3v) is 4.72. The number of hydrogen-bond acceptors (Lipinski definition) is 4. The van der Waals surface area contributed by atoms with Gasteiger partial charge in [0.25, 0.3) is 5.91 Å². The van der Waals surface area contributed by atoms with Crippen molar-refractivity contribution in [3.05, 3.63) is 70.3 Å². The summed E-state index contributed by atoms with van der Waals surface area (Å²) in [7, 11) is 0. The van der Waals surface area contributed by atoms with Crippen molar-refractivity contribution < 1.29 is 14.3 Å². The van der Waals surface area contributed by atoms with E-state index < -0.39 is 11.9 Å². The Morgan fingerprint density at radius 3 is 2.56 bits per heavy atom. The molecule has 0 atom stereocenters. The standard InChI is InChI=1S/C21H19BrN2O3/c1-13(2)19-11-15(14-7-3-5-9-17(14)23-19)21(26)27-12-20(25)24-18-10-6-4-8-16(18)22/h3-11,13H,12H2,1-2H3,(H,24,25). The largest absolute Gasteiger partial charge is 0.452 e. The van der Waals surface area contributed by atoms with Gasteiger partial charge in [-0.15, -0.1) is 0 Å². The smallest absolute Gasteiger partial charge is 0.339 e. The monoisotopic (exact) mass is 426 g/mol. The lowest BCUT2D eigenvalue weighted by Gasteiger charge is -2.12. The van der Waals surface area contributed by atoms with Crippen LogP contribution in [0.3, 0.4) is 0 Å². The molecule has 0 unspecified atom stereocenters. The third-order valence-electron chi connectivity index (χ3n) is 4.03. The minimum absolute atomic E-state index is 0.167. The van der Waals surface area contributed by atoms with Crippen LogP contribution in [0.2, 0.25) is 0 Å². The molecule has 3 rings (SSSR count). The number of aromatic nitrogens is 1. The van der Waals surface area contributed by atoms with Crippen molar-refractivity contribution in [2.75, 3.05) is 11.9 Å². The van der Waals surface area contributed by atoms with Crippen LogP contribution >= 0.6 is 15.9 Å². The number of ether oxygens (including phenoxy) is 1. The first-order chi connectivity index (χ1) is 13.0. The number of nitrogens with zero attached hydrogens (tertiary/aromatic N) is 1. The molecule has 6 heteroatoms. The average Bonchev–Trinajstić information content (AvgIpc) is 2.67. The van der Waals surface area contributed by atoms with Crippen LogP contribution in [0.25, 0.3) is 10.9 Å². The number of rotatable bonds is 5. The van der Waals surface area contributed by atoms with Crippen molar-refractivity contribution >= 4 is 44.4 Å². The maximum Gasteiger partial charge on any atom is 0.339 e. The highest BCUT2D eigenvalue weighted by molar-refractivity contribution is 9.10. The van der Waals surface area contributed by atoms with Crippen molar-refractivity contribution in [2.24, 2.45) is 0 Å². The van der Waals surface area contributed by atoms with E-state index in [0.29, 0.717) is 16.6 Å². The zero-order valence-corrected chi connectivity index (χ0v) is 16.6. The van der Waals surface area contributed by atoms with Gasteiger partial charge in [0.2, 0.25) is 0 Å². The van der Waals surface area contributed by atoms with Gasteiger partial charge in [-0.3, -0.25) is 9.78 Å². The first-order valence-electron chi connectivity index (χ1n) is 8.57. The molecule has 1 heterocycles. The minimum Gasteiger partial charge on any atom is -0.452 e.